The van der Waals surface area contributed by atoms with Gasteiger partial charge >= 0.3 is 5.97 Å². The van der Waals surface area contributed by atoms with Crippen LogP contribution >= 0.6 is 11.3 Å². The Morgan fingerprint density at radius 1 is 1.57 bits per heavy atom. The van der Waals surface area contributed by atoms with Crippen molar-refractivity contribution < 1.29 is 19.4 Å². The lowest BCUT2D eigenvalue weighted by atomic mass is 10.1. The van der Waals surface area contributed by atoms with Crippen LogP contribution in [0.2, 0.25) is 0 Å². The normalized spacial score (nSPS) is 15.6. The molecule has 0 bridgehead atoms. The van der Waals surface area contributed by atoms with E-state index in [2.05, 4.69) is 0 Å². The summed E-state index contributed by atoms with van der Waals surface area (Å²) in [6.07, 6.45) is 1.02. The molecule has 4 nitrogen and oxygen atoms in total. The van der Waals surface area contributed by atoms with Gasteiger partial charge in [0.1, 0.15) is 10.6 Å². The molecule has 0 aromatic carbocycles. The molecule has 0 unspecified atom stereocenters. The average Bonchev–Trinajstić information content (AvgIpc) is 2.48. The van der Waals surface area contributed by atoms with Crippen molar-refractivity contribution in [3.8, 4) is 5.75 Å². The Hall–Kier alpha value is -1.36. The molecule has 0 atom stereocenters. The highest BCUT2D eigenvalue weighted by atomic mass is 32.1. The van der Waals surface area contributed by atoms with Crippen molar-refractivity contribution in [1.29, 1.82) is 0 Å². The summed E-state index contributed by atoms with van der Waals surface area (Å²) in [6, 6.07) is 0. The average molecular weight is 212 g/mol. The van der Waals surface area contributed by atoms with Crippen molar-refractivity contribution in [3.63, 3.8) is 0 Å². The number of thiophene rings is 1. The summed E-state index contributed by atoms with van der Waals surface area (Å²) in [4.78, 5) is 22.4. The van der Waals surface area contributed by atoms with Gasteiger partial charge in [-0.15, -0.1) is 11.3 Å². The zero-order chi connectivity index (χ0) is 10.1. The Morgan fingerprint density at radius 2 is 2.36 bits per heavy atom. The molecule has 0 radical (unpaired) electrons. The van der Waals surface area contributed by atoms with E-state index in [1.807, 2.05) is 0 Å². The molecule has 0 spiro atoms. The first-order valence-electron chi connectivity index (χ1n) is 4.21. The Morgan fingerprint density at radius 3 is 3.07 bits per heavy atom. The van der Waals surface area contributed by atoms with Crippen LogP contribution in [0.3, 0.4) is 0 Å². The summed E-state index contributed by atoms with van der Waals surface area (Å²) < 4.78 is 5.28. The fraction of sp³-hybridized carbons (Fsp3) is 0.333. The van der Waals surface area contributed by atoms with Crippen molar-refractivity contribution in [3.05, 3.63) is 15.8 Å². The highest BCUT2D eigenvalue weighted by Gasteiger charge is 2.25. The summed E-state index contributed by atoms with van der Waals surface area (Å²) >= 11 is 1.04. The molecule has 0 amide bonds. The predicted molar refractivity (Wildman–Crippen MR) is 50.3 cm³/mol. The molecule has 74 valence electrons. The zero-order valence-electron chi connectivity index (χ0n) is 7.28. The molecule has 0 saturated carbocycles. The number of carboxylic acids is 1. The van der Waals surface area contributed by atoms with Gasteiger partial charge in [-0.05, 0) is 6.42 Å². The molecule has 0 saturated heterocycles. The lowest BCUT2D eigenvalue weighted by molar-refractivity contribution is 0.0697. The number of hydrogen-bond acceptors (Lipinski definition) is 4. The molecule has 1 aromatic rings. The number of carbonyl (C=O) groups excluding carboxylic acids is 1. The maximum absolute atomic E-state index is 11.6. The van der Waals surface area contributed by atoms with Crippen LogP contribution in [0.15, 0.2) is 5.38 Å². The smallest absolute Gasteiger partial charge is 0.346 e. The maximum atomic E-state index is 11.6. The Bertz CT molecular complexity index is 394. The molecule has 14 heavy (non-hydrogen) atoms. The van der Waals surface area contributed by atoms with Crippen molar-refractivity contribution in [2.45, 2.75) is 12.8 Å². The van der Waals surface area contributed by atoms with Gasteiger partial charge in [-0.3, -0.25) is 4.79 Å². The highest BCUT2D eigenvalue weighted by molar-refractivity contribution is 7.12. The van der Waals surface area contributed by atoms with Crippen LogP contribution in [0, 0.1) is 0 Å². The lowest BCUT2D eigenvalue weighted by Crippen LogP contribution is -2.03. The first kappa shape index (κ1) is 9.21. The van der Waals surface area contributed by atoms with Crippen LogP contribution in [0.4, 0.5) is 0 Å². The third kappa shape index (κ3) is 1.39. The summed E-state index contributed by atoms with van der Waals surface area (Å²) in [6.45, 7) is 0.481. The number of ketones is 1. The summed E-state index contributed by atoms with van der Waals surface area (Å²) in [5.41, 5.74) is 0.250. The number of carbonyl (C=O) groups is 2. The van der Waals surface area contributed by atoms with E-state index in [4.69, 9.17) is 9.84 Å². The van der Waals surface area contributed by atoms with Crippen LogP contribution in [0.25, 0.3) is 0 Å². The van der Waals surface area contributed by atoms with Gasteiger partial charge in [0.2, 0.25) is 0 Å². The van der Waals surface area contributed by atoms with Gasteiger partial charge < -0.3 is 9.84 Å². The Labute approximate surface area is 84.1 Å². The van der Waals surface area contributed by atoms with Crippen LogP contribution in [0.1, 0.15) is 32.9 Å². The molecule has 1 aliphatic heterocycles. The maximum Gasteiger partial charge on any atom is 0.346 e. The minimum atomic E-state index is -1.06. The van der Waals surface area contributed by atoms with Gasteiger partial charge in [-0.2, -0.15) is 0 Å². The second-order valence-corrected chi connectivity index (χ2v) is 3.86. The third-order valence-corrected chi connectivity index (χ3v) is 2.98. The molecule has 1 aromatic heterocycles. The minimum absolute atomic E-state index is 0.0897. The van der Waals surface area contributed by atoms with Crippen LogP contribution in [-0.4, -0.2) is 23.5 Å². The highest BCUT2D eigenvalue weighted by Crippen LogP contribution is 2.32. The van der Waals surface area contributed by atoms with E-state index in [1.165, 1.54) is 0 Å². The van der Waals surface area contributed by atoms with E-state index < -0.39 is 5.97 Å². The fourth-order valence-corrected chi connectivity index (χ4v) is 2.25. The van der Waals surface area contributed by atoms with Gasteiger partial charge in [-0.25, -0.2) is 4.79 Å². The Balaban J connectivity index is 2.52. The molecular formula is C9H8O4S. The van der Waals surface area contributed by atoms with Gasteiger partial charge in [0, 0.05) is 11.8 Å². The Kier molecular flexibility index (Phi) is 2.25. The van der Waals surface area contributed by atoms with Crippen molar-refractivity contribution in [2.75, 3.05) is 6.61 Å². The minimum Gasteiger partial charge on any atom is -0.492 e. The standard InChI is InChI=1S/C9H8O4S/c10-5-2-1-3-13-6-4-14-8(7(5)6)9(11)12/h4H,1-3H2,(H,11,12). The quantitative estimate of drug-likeness (QED) is 0.771. The first-order valence-corrected chi connectivity index (χ1v) is 5.09. The number of hydrogen-bond donors (Lipinski definition) is 1. The predicted octanol–water partition coefficient (Wildman–Crippen LogP) is 1.80. The van der Waals surface area contributed by atoms with Gasteiger partial charge in [0.15, 0.2) is 5.78 Å². The van der Waals surface area contributed by atoms with Gasteiger partial charge in [0.25, 0.3) is 0 Å². The van der Waals surface area contributed by atoms with E-state index in [1.54, 1.807) is 5.38 Å². The largest absolute Gasteiger partial charge is 0.492 e. The number of aromatic carboxylic acids is 1. The lowest BCUT2D eigenvalue weighted by Gasteiger charge is -1.99. The van der Waals surface area contributed by atoms with E-state index in [-0.39, 0.29) is 16.2 Å². The molecule has 1 N–H and O–H groups in total. The molecule has 1 aliphatic rings. The number of rotatable bonds is 1. The van der Waals surface area contributed by atoms with Crippen molar-refractivity contribution >= 4 is 23.1 Å². The number of Topliss-reactive ketones (excluding diaryl/α,β-unsaturated/α-hetero) is 1. The molecule has 2 rings (SSSR count). The van der Waals surface area contributed by atoms with E-state index in [9.17, 15) is 9.59 Å². The summed E-state index contributed by atoms with van der Waals surface area (Å²) in [5, 5.41) is 10.4. The zero-order valence-corrected chi connectivity index (χ0v) is 8.10. The van der Waals surface area contributed by atoms with Crippen molar-refractivity contribution in [1.82, 2.24) is 0 Å². The molecular weight excluding hydrogens is 204 g/mol. The second kappa shape index (κ2) is 3.42. The molecule has 0 fully saturated rings. The van der Waals surface area contributed by atoms with Gasteiger partial charge in [0.05, 0.1) is 12.2 Å². The summed E-state index contributed by atoms with van der Waals surface area (Å²) in [5.74, 6) is -0.763. The summed E-state index contributed by atoms with van der Waals surface area (Å²) in [7, 11) is 0. The van der Waals surface area contributed by atoms with E-state index >= 15 is 0 Å². The fourth-order valence-electron chi connectivity index (χ4n) is 1.41. The second-order valence-electron chi connectivity index (χ2n) is 2.98. The van der Waals surface area contributed by atoms with Crippen LogP contribution < -0.4 is 4.74 Å². The number of carboxylic acid groups (broad SMARTS) is 1. The van der Waals surface area contributed by atoms with Crippen LogP contribution in [0.5, 0.6) is 5.75 Å². The first-order chi connectivity index (χ1) is 6.70. The third-order valence-electron chi connectivity index (χ3n) is 2.04. The number of ether oxygens (including phenoxy) is 1. The van der Waals surface area contributed by atoms with E-state index in [0.717, 1.165) is 11.3 Å². The SMILES string of the molecule is O=C(O)c1scc2c1C(=O)CCCO2. The van der Waals surface area contributed by atoms with Gasteiger partial charge in [-0.1, -0.05) is 0 Å². The molecule has 2 heterocycles. The van der Waals surface area contributed by atoms with Crippen LogP contribution in [-0.2, 0) is 0 Å². The van der Waals surface area contributed by atoms with Crippen molar-refractivity contribution in [2.24, 2.45) is 0 Å². The molecule has 0 aliphatic carbocycles. The molecule has 5 heteroatoms. The monoisotopic (exact) mass is 212 g/mol. The number of fused-ring (bicyclic) bond motifs is 1. The topological polar surface area (TPSA) is 63.6 Å². The van der Waals surface area contributed by atoms with E-state index in [0.29, 0.717) is 25.2 Å².